The minimum Gasteiger partial charge on any atom is -0.444 e. The number of carbonyl (C=O) groups is 2. The zero-order valence-electron chi connectivity index (χ0n) is 18.9. The molecule has 1 saturated heterocycles. The predicted molar refractivity (Wildman–Crippen MR) is 120 cm³/mol. The third-order valence-electron chi connectivity index (χ3n) is 5.58. The summed E-state index contributed by atoms with van der Waals surface area (Å²) < 4.78 is 5.31. The van der Waals surface area contributed by atoms with Gasteiger partial charge in [-0.2, -0.15) is 0 Å². The molecule has 0 radical (unpaired) electrons. The van der Waals surface area contributed by atoms with Crippen molar-refractivity contribution in [3.05, 3.63) is 23.4 Å². The smallest absolute Gasteiger partial charge is 0.407 e. The van der Waals surface area contributed by atoms with Crippen molar-refractivity contribution in [2.75, 3.05) is 24.5 Å². The molecule has 2 amide bonds. The number of halogens is 1. The van der Waals surface area contributed by atoms with Crippen molar-refractivity contribution in [3.63, 3.8) is 0 Å². The lowest BCUT2D eigenvalue weighted by Gasteiger charge is -2.38. The molecule has 1 aromatic heterocycles. The molecule has 2 rings (SSSR count). The minimum absolute atomic E-state index is 0.0286. The predicted octanol–water partition coefficient (Wildman–Crippen LogP) is 4.01. The summed E-state index contributed by atoms with van der Waals surface area (Å²) in [6, 6.07) is 3.73. The Labute approximate surface area is 184 Å². The number of aromatic nitrogens is 1. The Morgan fingerprint density at radius 1 is 1.23 bits per heavy atom. The van der Waals surface area contributed by atoms with Gasteiger partial charge in [0.1, 0.15) is 11.4 Å². The second kappa shape index (κ2) is 9.86. The maximum absolute atomic E-state index is 13.0. The Hall–Kier alpha value is -2.02. The van der Waals surface area contributed by atoms with E-state index in [1.165, 1.54) is 0 Å². The third kappa shape index (κ3) is 7.04. The minimum atomic E-state index is -0.567. The maximum atomic E-state index is 13.0. The number of anilines is 1. The Kier molecular flexibility index (Phi) is 7.97. The number of rotatable bonds is 6. The molecule has 0 bridgehead atoms. The number of alkyl carbamates (subject to hydrolysis) is 1. The molecule has 1 fully saturated rings. The lowest BCUT2D eigenvalue weighted by molar-refractivity contribution is -0.128. The van der Waals surface area contributed by atoms with Crippen LogP contribution in [-0.4, -0.2) is 47.8 Å². The van der Waals surface area contributed by atoms with Gasteiger partial charge in [-0.1, -0.05) is 25.4 Å². The summed E-state index contributed by atoms with van der Waals surface area (Å²) in [4.78, 5) is 31.5. The Morgan fingerprint density at radius 2 is 1.87 bits per heavy atom. The van der Waals surface area contributed by atoms with E-state index >= 15 is 0 Å². The number of amides is 2. The van der Waals surface area contributed by atoms with Gasteiger partial charge in [0.2, 0.25) is 5.91 Å². The molecule has 1 unspecified atom stereocenters. The quantitative estimate of drug-likeness (QED) is 0.701. The van der Waals surface area contributed by atoms with Gasteiger partial charge in [0.15, 0.2) is 0 Å². The molecule has 1 aliphatic heterocycles. The molecule has 2 heterocycles. The fourth-order valence-corrected chi connectivity index (χ4v) is 3.38. The summed E-state index contributed by atoms with van der Waals surface area (Å²) in [6.07, 6.45) is 2.67. The zero-order valence-corrected chi connectivity index (χ0v) is 19.7. The molecule has 1 atom stereocenters. The second-order valence-corrected chi connectivity index (χ2v) is 9.95. The number of pyridine rings is 1. The van der Waals surface area contributed by atoms with E-state index in [2.05, 4.69) is 20.5 Å². The first-order valence-electron chi connectivity index (χ1n) is 10.5. The molecule has 1 aromatic rings. The largest absolute Gasteiger partial charge is 0.444 e. The van der Waals surface area contributed by atoms with Crippen molar-refractivity contribution in [2.45, 2.75) is 65.5 Å². The number of carbonyl (C=O) groups excluding carboxylic acids is 2. The molecule has 0 aliphatic carbocycles. The van der Waals surface area contributed by atoms with Crippen LogP contribution < -0.4 is 15.5 Å². The van der Waals surface area contributed by atoms with E-state index in [0.29, 0.717) is 11.6 Å². The van der Waals surface area contributed by atoms with Crippen molar-refractivity contribution in [1.29, 1.82) is 0 Å². The molecule has 8 heteroatoms. The van der Waals surface area contributed by atoms with Crippen LogP contribution in [-0.2, 0) is 9.53 Å². The van der Waals surface area contributed by atoms with Crippen molar-refractivity contribution < 1.29 is 14.3 Å². The highest BCUT2D eigenvalue weighted by Gasteiger charge is 2.35. The Balaban J connectivity index is 1.90. The maximum Gasteiger partial charge on any atom is 0.407 e. The van der Waals surface area contributed by atoms with E-state index in [1.807, 2.05) is 53.7 Å². The molecule has 0 spiro atoms. The molecule has 0 aromatic carbocycles. The number of hydrogen-bond donors (Lipinski definition) is 2. The average molecular weight is 439 g/mol. The average Bonchev–Trinajstić information content (AvgIpc) is 2.66. The lowest BCUT2D eigenvalue weighted by Crippen LogP contribution is -2.58. The van der Waals surface area contributed by atoms with Gasteiger partial charge in [-0.05, 0) is 58.6 Å². The summed E-state index contributed by atoms with van der Waals surface area (Å²) >= 11 is 5.91. The second-order valence-electron chi connectivity index (χ2n) is 9.51. The summed E-state index contributed by atoms with van der Waals surface area (Å²) in [6.45, 7) is 13.3. The van der Waals surface area contributed by atoms with Gasteiger partial charge in [-0.15, -0.1) is 0 Å². The number of ether oxygens (including phenoxy) is 1. The van der Waals surface area contributed by atoms with E-state index in [9.17, 15) is 9.59 Å². The van der Waals surface area contributed by atoms with E-state index in [1.54, 1.807) is 6.20 Å². The lowest BCUT2D eigenvalue weighted by atomic mass is 9.86. The number of nitrogens with one attached hydrogen (secondary N) is 2. The van der Waals surface area contributed by atoms with E-state index in [0.717, 1.165) is 31.7 Å². The number of hydrogen-bond acceptors (Lipinski definition) is 5. The van der Waals surface area contributed by atoms with Crippen LogP contribution in [0.25, 0.3) is 0 Å². The first-order valence-corrected chi connectivity index (χ1v) is 10.9. The third-order valence-corrected chi connectivity index (χ3v) is 5.81. The highest BCUT2D eigenvalue weighted by atomic mass is 35.5. The van der Waals surface area contributed by atoms with Crippen LogP contribution in [0.4, 0.5) is 10.6 Å². The van der Waals surface area contributed by atoms with Crippen molar-refractivity contribution >= 4 is 29.4 Å². The first kappa shape index (κ1) is 24.3. The molecule has 1 aliphatic rings. The summed E-state index contributed by atoms with van der Waals surface area (Å²) in [5, 5.41) is 6.59. The molecule has 2 N–H and O–H groups in total. The van der Waals surface area contributed by atoms with Crippen LogP contribution in [0, 0.1) is 11.8 Å². The summed E-state index contributed by atoms with van der Waals surface area (Å²) in [5.41, 5.74) is -1.13. The zero-order chi connectivity index (χ0) is 22.5. The number of piperidine rings is 1. The standard InChI is InChI=1S/C22H35ClN4O3/c1-15(2)22(6,14-25-20(29)30-21(3,4)5)26-19(28)16-9-11-27(12-10-16)18-8-7-17(23)13-24-18/h7-8,13,15-16H,9-12,14H2,1-6H3,(H,25,29)(H,26,28). The van der Waals surface area contributed by atoms with Crippen LogP contribution in [0.15, 0.2) is 18.3 Å². The van der Waals surface area contributed by atoms with E-state index in [-0.39, 0.29) is 17.7 Å². The molecule has 0 saturated carbocycles. The van der Waals surface area contributed by atoms with Gasteiger partial charge in [0.25, 0.3) is 0 Å². The SMILES string of the molecule is CC(C)C(C)(CNC(=O)OC(C)(C)C)NC(=O)C1CCN(c2ccc(Cl)cn2)CC1. The normalized spacial score (nSPS) is 17.4. The van der Waals surface area contributed by atoms with Gasteiger partial charge in [0.05, 0.1) is 10.6 Å². The van der Waals surface area contributed by atoms with Gasteiger partial charge in [0, 0.05) is 31.7 Å². The molecular formula is C22H35ClN4O3. The highest BCUT2D eigenvalue weighted by Crippen LogP contribution is 2.24. The van der Waals surface area contributed by atoms with Gasteiger partial charge >= 0.3 is 6.09 Å². The van der Waals surface area contributed by atoms with E-state index in [4.69, 9.17) is 16.3 Å². The first-order chi connectivity index (χ1) is 13.9. The van der Waals surface area contributed by atoms with Crippen molar-refractivity contribution in [2.24, 2.45) is 11.8 Å². The Morgan fingerprint density at radius 3 is 2.37 bits per heavy atom. The Bertz CT molecular complexity index is 725. The van der Waals surface area contributed by atoms with Crippen LogP contribution in [0.2, 0.25) is 5.02 Å². The molecule has 30 heavy (non-hydrogen) atoms. The van der Waals surface area contributed by atoms with Gasteiger partial charge < -0.3 is 20.3 Å². The van der Waals surface area contributed by atoms with Crippen LogP contribution >= 0.6 is 11.6 Å². The summed E-state index contributed by atoms with van der Waals surface area (Å²) in [7, 11) is 0. The van der Waals surface area contributed by atoms with Gasteiger partial charge in [-0.3, -0.25) is 4.79 Å². The van der Waals surface area contributed by atoms with Crippen LogP contribution in [0.1, 0.15) is 54.4 Å². The van der Waals surface area contributed by atoms with Crippen LogP contribution in [0.5, 0.6) is 0 Å². The topological polar surface area (TPSA) is 83.6 Å². The summed E-state index contributed by atoms with van der Waals surface area (Å²) in [5.74, 6) is 0.982. The highest BCUT2D eigenvalue weighted by molar-refractivity contribution is 6.30. The van der Waals surface area contributed by atoms with Crippen molar-refractivity contribution in [3.8, 4) is 0 Å². The fourth-order valence-electron chi connectivity index (χ4n) is 3.27. The fraction of sp³-hybridized carbons (Fsp3) is 0.682. The van der Waals surface area contributed by atoms with Crippen LogP contribution in [0.3, 0.4) is 0 Å². The number of nitrogens with zero attached hydrogens (tertiary/aromatic N) is 2. The molecule has 7 nitrogen and oxygen atoms in total. The molecule has 168 valence electrons. The van der Waals surface area contributed by atoms with Crippen molar-refractivity contribution in [1.82, 2.24) is 15.6 Å². The molecular weight excluding hydrogens is 404 g/mol. The monoisotopic (exact) mass is 438 g/mol. The van der Waals surface area contributed by atoms with E-state index < -0.39 is 17.2 Å². The van der Waals surface area contributed by atoms with Gasteiger partial charge in [-0.25, -0.2) is 9.78 Å².